The quantitative estimate of drug-likeness (QED) is 0.356. The topological polar surface area (TPSA) is 38.7 Å². The Morgan fingerprint density at radius 1 is 1.14 bits per heavy atom. The Labute approximate surface area is 87.3 Å². The molecule has 2 atom stereocenters. The van der Waals surface area contributed by atoms with E-state index in [4.69, 9.17) is 14.9 Å². The van der Waals surface area contributed by atoms with Crippen molar-refractivity contribution >= 4 is 0 Å². The summed E-state index contributed by atoms with van der Waals surface area (Å²) < 4.78 is 0. The zero-order chi connectivity index (χ0) is 10.8. The second-order valence-corrected chi connectivity index (χ2v) is 3.83. The number of hydrogen-bond donors (Lipinski definition) is 1. The number of unbranched alkanes of at least 4 members (excludes halogenated alkanes) is 1. The largest absolute Gasteiger partial charge is 0.391 e. The molecule has 0 amide bonds. The molecule has 3 nitrogen and oxygen atoms in total. The molecule has 0 aliphatic carbocycles. The Morgan fingerprint density at radius 3 is 2.29 bits per heavy atom. The van der Waals surface area contributed by atoms with Crippen molar-refractivity contribution in [1.29, 1.82) is 0 Å². The van der Waals surface area contributed by atoms with E-state index in [2.05, 4.69) is 13.8 Å². The van der Waals surface area contributed by atoms with Crippen molar-refractivity contribution in [1.82, 2.24) is 0 Å². The van der Waals surface area contributed by atoms with Gasteiger partial charge in [0.15, 0.2) is 0 Å². The fourth-order valence-corrected chi connectivity index (χ4v) is 1.19. The van der Waals surface area contributed by atoms with Gasteiger partial charge in [-0.3, -0.25) is 0 Å². The lowest BCUT2D eigenvalue weighted by Crippen LogP contribution is -2.14. The van der Waals surface area contributed by atoms with Gasteiger partial charge in [-0.05, 0) is 19.3 Å². The van der Waals surface area contributed by atoms with Crippen molar-refractivity contribution in [3.8, 4) is 0 Å². The Kier molecular flexibility index (Phi) is 9.35. The number of aliphatic hydroxyl groups excluding tert-OH is 1. The molecule has 0 aliphatic rings. The fraction of sp³-hybridized carbons (Fsp3) is 1.00. The van der Waals surface area contributed by atoms with Gasteiger partial charge in [0, 0.05) is 0 Å². The van der Waals surface area contributed by atoms with E-state index in [1.165, 1.54) is 19.3 Å². The third kappa shape index (κ3) is 8.48. The third-order valence-corrected chi connectivity index (χ3v) is 2.24. The molecule has 0 saturated carbocycles. The van der Waals surface area contributed by atoms with Crippen LogP contribution in [0, 0.1) is 5.92 Å². The summed E-state index contributed by atoms with van der Waals surface area (Å²) in [5.41, 5.74) is 0. The summed E-state index contributed by atoms with van der Waals surface area (Å²) in [6.45, 7) is 6.93. The minimum atomic E-state index is -0.453. The van der Waals surface area contributed by atoms with Crippen LogP contribution in [0.5, 0.6) is 0 Å². The van der Waals surface area contributed by atoms with Gasteiger partial charge in [-0.2, -0.15) is 0 Å². The summed E-state index contributed by atoms with van der Waals surface area (Å²) in [6, 6.07) is 0. The van der Waals surface area contributed by atoms with Crippen LogP contribution < -0.4 is 0 Å². The van der Waals surface area contributed by atoms with Crippen LogP contribution in [0.3, 0.4) is 0 Å². The first kappa shape index (κ1) is 13.9. The Hall–Kier alpha value is -0.120. The minimum Gasteiger partial charge on any atom is -0.391 e. The lowest BCUT2D eigenvalue weighted by atomic mass is 10.0. The maximum Gasteiger partial charge on any atom is 0.108 e. The van der Waals surface area contributed by atoms with Crippen LogP contribution in [0.15, 0.2) is 0 Å². The molecule has 0 fully saturated rings. The molecule has 14 heavy (non-hydrogen) atoms. The van der Waals surface area contributed by atoms with Gasteiger partial charge in [-0.25, -0.2) is 9.78 Å². The molecule has 0 aromatic rings. The molecule has 0 aliphatic heterocycles. The smallest absolute Gasteiger partial charge is 0.108 e. The first-order valence-electron chi connectivity index (χ1n) is 5.63. The van der Waals surface area contributed by atoms with Crippen LogP contribution in [0.25, 0.3) is 0 Å². The summed E-state index contributed by atoms with van der Waals surface area (Å²) in [7, 11) is 0. The van der Waals surface area contributed by atoms with Crippen molar-refractivity contribution < 1.29 is 14.9 Å². The van der Waals surface area contributed by atoms with Crippen molar-refractivity contribution in [2.24, 2.45) is 5.92 Å². The van der Waals surface area contributed by atoms with Crippen LogP contribution in [-0.4, -0.2) is 24.4 Å². The third-order valence-electron chi connectivity index (χ3n) is 2.24. The van der Waals surface area contributed by atoms with Gasteiger partial charge in [-0.15, -0.1) is 0 Å². The first-order chi connectivity index (χ1) is 6.70. The van der Waals surface area contributed by atoms with E-state index in [1.54, 1.807) is 6.92 Å². The van der Waals surface area contributed by atoms with Gasteiger partial charge < -0.3 is 5.11 Å². The second kappa shape index (κ2) is 9.44. The van der Waals surface area contributed by atoms with Gasteiger partial charge in [0.25, 0.3) is 0 Å². The molecule has 86 valence electrons. The van der Waals surface area contributed by atoms with Gasteiger partial charge in [0.2, 0.25) is 0 Å². The van der Waals surface area contributed by atoms with E-state index < -0.39 is 6.10 Å². The number of rotatable bonds is 9. The van der Waals surface area contributed by atoms with Crippen LogP contribution in [0.2, 0.25) is 0 Å². The van der Waals surface area contributed by atoms with Crippen molar-refractivity contribution in [2.75, 3.05) is 13.2 Å². The SMILES string of the molecule is CCCCC(CC)COOCC(C)O. The molecule has 0 radical (unpaired) electrons. The van der Waals surface area contributed by atoms with E-state index in [0.717, 1.165) is 6.42 Å². The Bertz CT molecular complexity index is 115. The predicted octanol–water partition coefficient (Wildman–Crippen LogP) is 2.53. The van der Waals surface area contributed by atoms with E-state index in [9.17, 15) is 0 Å². The first-order valence-corrected chi connectivity index (χ1v) is 5.63. The molecule has 0 spiro atoms. The summed E-state index contributed by atoms with van der Waals surface area (Å²) >= 11 is 0. The molecule has 0 bridgehead atoms. The summed E-state index contributed by atoms with van der Waals surface area (Å²) in [5, 5.41) is 8.91. The van der Waals surface area contributed by atoms with Crippen molar-refractivity contribution in [3.05, 3.63) is 0 Å². The molecule has 0 aromatic carbocycles. The lowest BCUT2D eigenvalue weighted by Gasteiger charge is -2.14. The fourth-order valence-electron chi connectivity index (χ4n) is 1.19. The molecule has 0 heterocycles. The molecule has 0 saturated heterocycles. The number of aliphatic hydroxyl groups is 1. The molecule has 2 unspecified atom stereocenters. The van der Waals surface area contributed by atoms with Crippen LogP contribution in [0.4, 0.5) is 0 Å². The van der Waals surface area contributed by atoms with Gasteiger partial charge in [0.1, 0.15) is 6.61 Å². The maximum absolute atomic E-state index is 8.91. The highest BCUT2D eigenvalue weighted by atomic mass is 17.2. The van der Waals surface area contributed by atoms with E-state index in [1.807, 2.05) is 0 Å². The normalized spacial score (nSPS) is 15.4. The highest BCUT2D eigenvalue weighted by Crippen LogP contribution is 2.12. The molecule has 0 aromatic heterocycles. The zero-order valence-corrected chi connectivity index (χ0v) is 9.66. The van der Waals surface area contributed by atoms with Gasteiger partial charge in [0.05, 0.1) is 12.7 Å². The van der Waals surface area contributed by atoms with E-state index in [-0.39, 0.29) is 6.61 Å². The highest BCUT2D eigenvalue weighted by Gasteiger charge is 2.06. The molecule has 1 N–H and O–H groups in total. The minimum absolute atomic E-state index is 0.254. The van der Waals surface area contributed by atoms with E-state index >= 15 is 0 Å². The second-order valence-electron chi connectivity index (χ2n) is 3.83. The van der Waals surface area contributed by atoms with E-state index in [0.29, 0.717) is 12.5 Å². The molecule has 0 rings (SSSR count). The zero-order valence-electron chi connectivity index (χ0n) is 9.66. The van der Waals surface area contributed by atoms with Gasteiger partial charge in [-0.1, -0.05) is 33.1 Å². The average Bonchev–Trinajstić information content (AvgIpc) is 2.16. The summed E-state index contributed by atoms with van der Waals surface area (Å²) in [4.78, 5) is 9.89. The monoisotopic (exact) mass is 204 g/mol. The molecule has 3 heteroatoms. The lowest BCUT2D eigenvalue weighted by molar-refractivity contribution is -0.310. The Morgan fingerprint density at radius 2 is 1.79 bits per heavy atom. The van der Waals surface area contributed by atoms with Crippen molar-refractivity contribution in [2.45, 2.75) is 52.6 Å². The van der Waals surface area contributed by atoms with Crippen molar-refractivity contribution in [3.63, 3.8) is 0 Å². The molecular weight excluding hydrogens is 180 g/mol. The Balaban J connectivity index is 3.33. The van der Waals surface area contributed by atoms with Crippen LogP contribution in [-0.2, 0) is 9.78 Å². The predicted molar refractivity (Wildman–Crippen MR) is 56.9 cm³/mol. The van der Waals surface area contributed by atoms with Crippen LogP contribution in [0.1, 0.15) is 46.5 Å². The average molecular weight is 204 g/mol. The summed E-state index contributed by atoms with van der Waals surface area (Å²) in [6.07, 6.45) is 4.34. The summed E-state index contributed by atoms with van der Waals surface area (Å²) in [5.74, 6) is 0.587. The van der Waals surface area contributed by atoms with Gasteiger partial charge >= 0.3 is 0 Å². The highest BCUT2D eigenvalue weighted by molar-refractivity contribution is 4.54. The molecular formula is C11H24O3. The standard InChI is InChI=1S/C11H24O3/c1-4-6-7-11(5-2)9-14-13-8-10(3)12/h10-12H,4-9H2,1-3H3. The number of hydrogen-bond acceptors (Lipinski definition) is 3. The van der Waals surface area contributed by atoms with Crippen LogP contribution >= 0.6 is 0 Å². The maximum atomic E-state index is 8.91.